The van der Waals surface area contributed by atoms with Gasteiger partial charge in [0.1, 0.15) is 5.82 Å². The highest BCUT2D eigenvalue weighted by Gasteiger charge is 2.54. The minimum absolute atomic E-state index is 0.131. The fraction of sp³-hybridized carbons (Fsp3) is 0.500. The number of rotatable bonds is 6. The Morgan fingerprint density at radius 2 is 1.27 bits per heavy atom. The lowest BCUT2D eigenvalue weighted by Gasteiger charge is -2.55. The van der Waals surface area contributed by atoms with Crippen molar-refractivity contribution in [3.8, 4) is 22.6 Å². The number of imidazole rings is 1. The topological polar surface area (TPSA) is 86.9 Å². The van der Waals surface area contributed by atoms with Crippen LogP contribution < -0.4 is 10.6 Å². The van der Waals surface area contributed by atoms with Crippen LogP contribution in [0.25, 0.3) is 22.6 Å². The Bertz CT molecular complexity index is 1330. The molecular formula is C34H40N4O2. The summed E-state index contributed by atoms with van der Waals surface area (Å²) in [5.74, 6) is 3.58. The normalized spacial score (nSPS) is 27.8. The first-order chi connectivity index (χ1) is 19.5. The molecule has 0 aliphatic heterocycles. The average Bonchev–Trinajstić information content (AvgIpc) is 3.28. The number of hydrogen-bond acceptors (Lipinski definition) is 3. The largest absolute Gasteiger partial charge is 0.338 e. The molecule has 1 aromatic heterocycles. The van der Waals surface area contributed by atoms with Gasteiger partial charge in [-0.2, -0.15) is 0 Å². The standard InChI is InChI=1S/C34H40N4O2/c39-32(27-5-3-1-2-4-6-27)36-28-13-9-26(10-14-28)31-35-21-30(38-31)25-7-11-29(12-8-25)37-33(40)34-18-22-15-23(19-34)17-24(16-22)20-34/h7-14,21-24,27H,1-6,15-20H2,(H,35,38)(H,36,39)(H,37,40). The number of hydrogen-bond donors (Lipinski definition) is 3. The molecule has 208 valence electrons. The van der Waals surface area contributed by atoms with Gasteiger partial charge < -0.3 is 15.6 Å². The Hall–Kier alpha value is -3.41. The van der Waals surface area contributed by atoms with Gasteiger partial charge in [0.15, 0.2) is 0 Å². The Balaban J connectivity index is 0.977. The van der Waals surface area contributed by atoms with Gasteiger partial charge in [0.25, 0.3) is 0 Å². The van der Waals surface area contributed by atoms with Crippen molar-refractivity contribution in [1.82, 2.24) is 9.97 Å². The van der Waals surface area contributed by atoms with Crippen molar-refractivity contribution in [1.29, 1.82) is 0 Å². The summed E-state index contributed by atoms with van der Waals surface area (Å²) in [5.41, 5.74) is 4.48. The van der Waals surface area contributed by atoms with E-state index < -0.39 is 0 Å². The zero-order chi connectivity index (χ0) is 27.1. The molecule has 3 aromatic rings. The number of aromatic amines is 1. The molecule has 2 amide bonds. The van der Waals surface area contributed by atoms with E-state index in [1.54, 1.807) is 0 Å². The Morgan fingerprint density at radius 3 is 1.88 bits per heavy atom. The van der Waals surface area contributed by atoms with Crippen LogP contribution in [0.5, 0.6) is 0 Å². The van der Waals surface area contributed by atoms with E-state index in [0.29, 0.717) is 0 Å². The Labute approximate surface area is 236 Å². The second-order valence-corrected chi connectivity index (χ2v) is 13.1. The first kappa shape index (κ1) is 25.6. The van der Waals surface area contributed by atoms with Gasteiger partial charge in [0.2, 0.25) is 11.8 Å². The van der Waals surface area contributed by atoms with Crippen LogP contribution in [-0.4, -0.2) is 21.8 Å². The van der Waals surface area contributed by atoms with Crippen molar-refractivity contribution < 1.29 is 9.59 Å². The predicted molar refractivity (Wildman–Crippen MR) is 159 cm³/mol. The molecule has 6 heteroatoms. The van der Waals surface area contributed by atoms with Crippen molar-refractivity contribution in [3.05, 3.63) is 54.7 Å². The average molecular weight is 537 g/mol. The summed E-state index contributed by atoms with van der Waals surface area (Å²) in [4.78, 5) is 34.1. The van der Waals surface area contributed by atoms with Crippen LogP contribution in [-0.2, 0) is 9.59 Å². The summed E-state index contributed by atoms with van der Waals surface area (Å²) in [6.07, 6.45) is 15.9. The molecule has 0 unspecified atom stereocenters. The number of aromatic nitrogens is 2. The van der Waals surface area contributed by atoms with E-state index in [1.165, 1.54) is 32.1 Å². The molecule has 6 nitrogen and oxygen atoms in total. The van der Waals surface area contributed by atoms with Gasteiger partial charge in [-0.25, -0.2) is 4.98 Å². The summed E-state index contributed by atoms with van der Waals surface area (Å²) >= 11 is 0. The molecule has 3 N–H and O–H groups in total. The zero-order valence-corrected chi connectivity index (χ0v) is 23.3. The molecule has 5 fully saturated rings. The molecule has 8 rings (SSSR count). The maximum Gasteiger partial charge on any atom is 0.230 e. The predicted octanol–water partition coefficient (Wildman–Crippen LogP) is 7.81. The van der Waals surface area contributed by atoms with Crippen molar-refractivity contribution in [2.45, 2.75) is 77.0 Å². The lowest BCUT2D eigenvalue weighted by atomic mass is 9.49. The second kappa shape index (κ2) is 10.5. The van der Waals surface area contributed by atoms with Crippen LogP contribution in [0.3, 0.4) is 0 Å². The van der Waals surface area contributed by atoms with Crippen molar-refractivity contribution >= 4 is 23.2 Å². The molecule has 4 bridgehead atoms. The number of carbonyl (C=O) groups is 2. The molecule has 0 spiro atoms. The highest BCUT2D eigenvalue weighted by atomic mass is 16.2. The van der Waals surface area contributed by atoms with E-state index in [4.69, 9.17) is 0 Å². The molecule has 0 radical (unpaired) electrons. The number of anilines is 2. The zero-order valence-electron chi connectivity index (χ0n) is 23.3. The molecule has 5 aliphatic rings. The van der Waals surface area contributed by atoms with E-state index in [1.807, 2.05) is 54.7 Å². The maximum atomic E-state index is 13.4. The summed E-state index contributed by atoms with van der Waals surface area (Å²) in [5, 5.41) is 6.36. The van der Waals surface area contributed by atoms with Gasteiger partial charge in [-0.15, -0.1) is 0 Å². The van der Waals surface area contributed by atoms with Gasteiger partial charge in [-0.05, 0) is 111 Å². The molecule has 0 saturated heterocycles. The minimum atomic E-state index is -0.140. The molecule has 5 aliphatic carbocycles. The number of carbonyl (C=O) groups excluding carboxylic acids is 2. The number of nitrogens with zero attached hydrogens (tertiary/aromatic N) is 1. The third-order valence-electron chi connectivity index (χ3n) is 10.2. The first-order valence-electron chi connectivity index (χ1n) is 15.4. The summed E-state index contributed by atoms with van der Waals surface area (Å²) in [6, 6.07) is 16.0. The van der Waals surface area contributed by atoms with E-state index in [2.05, 4.69) is 20.6 Å². The van der Waals surface area contributed by atoms with Gasteiger partial charge in [-0.1, -0.05) is 37.8 Å². The van der Waals surface area contributed by atoms with E-state index in [0.717, 1.165) is 96.7 Å². The quantitative estimate of drug-likeness (QED) is 0.281. The molecular weight excluding hydrogens is 496 g/mol. The summed E-state index contributed by atoms with van der Waals surface area (Å²) in [7, 11) is 0. The van der Waals surface area contributed by atoms with Crippen molar-refractivity contribution in [2.75, 3.05) is 10.6 Å². The molecule has 2 aromatic carbocycles. The van der Waals surface area contributed by atoms with Crippen molar-refractivity contribution in [2.24, 2.45) is 29.1 Å². The van der Waals surface area contributed by atoms with Gasteiger partial charge in [0.05, 0.1) is 17.3 Å². The minimum Gasteiger partial charge on any atom is -0.338 e. The Kier molecular flexibility index (Phi) is 6.73. The Morgan fingerprint density at radius 1 is 0.725 bits per heavy atom. The fourth-order valence-corrected chi connectivity index (χ4v) is 8.50. The smallest absolute Gasteiger partial charge is 0.230 e. The van der Waals surface area contributed by atoms with E-state index in [9.17, 15) is 9.59 Å². The highest BCUT2D eigenvalue weighted by molar-refractivity contribution is 5.96. The van der Waals surface area contributed by atoms with Crippen LogP contribution in [0, 0.1) is 29.1 Å². The number of benzene rings is 2. The second-order valence-electron chi connectivity index (χ2n) is 13.1. The van der Waals surface area contributed by atoms with Crippen LogP contribution >= 0.6 is 0 Å². The number of nitrogens with one attached hydrogen (secondary N) is 3. The molecule has 40 heavy (non-hydrogen) atoms. The SMILES string of the molecule is O=C(Nc1ccc(-c2ncc(-c3ccc(NC(=O)C45CC6CC(CC(C6)C4)C5)cc3)[nH]2)cc1)C1CCCCCC1. The lowest BCUT2D eigenvalue weighted by molar-refractivity contribution is -0.140. The molecule has 1 heterocycles. The van der Waals surface area contributed by atoms with Crippen LogP contribution in [0.1, 0.15) is 77.0 Å². The van der Waals surface area contributed by atoms with E-state index in [-0.39, 0.29) is 23.1 Å². The maximum absolute atomic E-state index is 13.4. The van der Waals surface area contributed by atoms with Gasteiger partial charge in [0, 0.05) is 22.9 Å². The number of amides is 2. The van der Waals surface area contributed by atoms with Crippen LogP contribution in [0.15, 0.2) is 54.7 Å². The van der Waals surface area contributed by atoms with E-state index >= 15 is 0 Å². The van der Waals surface area contributed by atoms with Crippen LogP contribution in [0.2, 0.25) is 0 Å². The summed E-state index contributed by atoms with van der Waals surface area (Å²) < 4.78 is 0. The first-order valence-corrected chi connectivity index (χ1v) is 15.4. The van der Waals surface area contributed by atoms with Crippen molar-refractivity contribution in [3.63, 3.8) is 0 Å². The van der Waals surface area contributed by atoms with Gasteiger partial charge >= 0.3 is 0 Å². The third kappa shape index (κ3) is 5.09. The monoisotopic (exact) mass is 536 g/mol. The molecule has 0 atom stereocenters. The number of H-pyrrole nitrogens is 1. The van der Waals surface area contributed by atoms with Crippen LogP contribution in [0.4, 0.5) is 11.4 Å². The third-order valence-corrected chi connectivity index (χ3v) is 10.2. The summed E-state index contributed by atoms with van der Waals surface area (Å²) in [6.45, 7) is 0. The molecule has 5 saturated carbocycles. The highest BCUT2D eigenvalue weighted by Crippen LogP contribution is 2.60. The van der Waals surface area contributed by atoms with Gasteiger partial charge in [-0.3, -0.25) is 9.59 Å². The lowest BCUT2D eigenvalue weighted by Crippen LogP contribution is -2.51. The fourth-order valence-electron chi connectivity index (χ4n) is 8.50.